The van der Waals surface area contributed by atoms with E-state index < -0.39 is 10.0 Å². The maximum Gasteiger partial charge on any atom is 0.215 e. The van der Waals surface area contributed by atoms with Crippen LogP contribution in [0.2, 0.25) is 0 Å². The standard InChI is InChI=1S/C21H27NO4S/c1-17-4-3-5-18(14-17)15-27(23,24)22-16-21(10-12-26-13-11-21)19-6-8-20(25-2)9-7-19/h3-9,14,22H,10-13,15-16H2,1-2H3. The lowest BCUT2D eigenvalue weighted by Crippen LogP contribution is -2.44. The van der Waals surface area contributed by atoms with Gasteiger partial charge in [0.2, 0.25) is 10.0 Å². The van der Waals surface area contributed by atoms with E-state index in [0.29, 0.717) is 19.8 Å². The molecule has 1 aliphatic rings. The number of nitrogens with one attached hydrogen (secondary N) is 1. The molecular formula is C21H27NO4S. The molecule has 2 aromatic rings. The van der Waals surface area contributed by atoms with Gasteiger partial charge in [0.25, 0.3) is 0 Å². The Balaban J connectivity index is 1.76. The average molecular weight is 390 g/mol. The van der Waals surface area contributed by atoms with Gasteiger partial charge in [-0.25, -0.2) is 13.1 Å². The normalized spacial score (nSPS) is 16.8. The number of hydrogen-bond donors (Lipinski definition) is 1. The zero-order chi connectivity index (χ0) is 19.3. The van der Waals surface area contributed by atoms with Crippen LogP contribution in [0.25, 0.3) is 0 Å². The van der Waals surface area contributed by atoms with Crippen LogP contribution in [0.4, 0.5) is 0 Å². The molecule has 0 amide bonds. The second-order valence-corrected chi connectivity index (χ2v) is 9.00. The summed E-state index contributed by atoms with van der Waals surface area (Å²) in [6, 6.07) is 15.5. The molecule has 0 aromatic heterocycles. The van der Waals surface area contributed by atoms with Crippen molar-refractivity contribution in [2.75, 3.05) is 26.9 Å². The summed E-state index contributed by atoms with van der Waals surface area (Å²) in [4.78, 5) is 0. The molecular weight excluding hydrogens is 362 g/mol. The van der Waals surface area contributed by atoms with Crippen LogP contribution in [-0.4, -0.2) is 35.3 Å². The number of aryl methyl sites for hydroxylation is 1. The number of benzene rings is 2. The van der Waals surface area contributed by atoms with Crippen LogP contribution in [0, 0.1) is 6.92 Å². The Hall–Kier alpha value is -1.89. The van der Waals surface area contributed by atoms with Gasteiger partial charge in [0, 0.05) is 25.2 Å². The Morgan fingerprint density at radius 3 is 2.44 bits per heavy atom. The number of methoxy groups -OCH3 is 1. The highest BCUT2D eigenvalue weighted by Crippen LogP contribution is 2.35. The first-order chi connectivity index (χ1) is 12.9. The minimum absolute atomic E-state index is 0.0100. The Morgan fingerprint density at radius 2 is 1.81 bits per heavy atom. The van der Waals surface area contributed by atoms with Crippen LogP contribution < -0.4 is 9.46 Å². The molecule has 5 nitrogen and oxygen atoms in total. The molecule has 146 valence electrons. The van der Waals surface area contributed by atoms with Gasteiger partial charge in [-0.05, 0) is 43.0 Å². The van der Waals surface area contributed by atoms with Crippen molar-refractivity contribution in [3.8, 4) is 5.75 Å². The topological polar surface area (TPSA) is 64.6 Å². The summed E-state index contributed by atoms with van der Waals surface area (Å²) in [6.45, 7) is 3.60. The molecule has 1 saturated heterocycles. The lowest BCUT2D eigenvalue weighted by atomic mass is 9.74. The van der Waals surface area contributed by atoms with Crippen molar-refractivity contribution in [2.45, 2.75) is 30.9 Å². The molecule has 2 aromatic carbocycles. The molecule has 0 saturated carbocycles. The average Bonchev–Trinajstić information content (AvgIpc) is 2.67. The van der Waals surface area contributed by atoms with Crippen LogP contribution in [0.1, 0.15) is 29.5 Å². The van der Waals surface area contributed by atoms with Gasteiger partial charge in [-0.15, -0.1) is 0 Å². The molecule has 27 heavy (non-hydrogen) atoms. The third-order valence-electron chi connectivity index (χ3n) is 5.22. The second-order valence-electron chi connectivity index (χ2n) is 7.19. The number of rotatable bonds is 7. The molecule has 0 aliphatic carbocycles. The summed E-state index contributed by atoms with van der Waals surface area (Å²) >= 11 is 0. The molecule has 0 spiro atoms. The highest BCUT2D eigenvalue weighted by molar-refractivity contribution is 7.88. The van der Waals surface area contributed by atoms with Gasteiger partial charge in [0.05, 0.1) is 12.9 Å². The van der Waals surface area contributed by atoms with Crippen LogP contribution in [0.15, 0.2) is 48.5 Å². The molecule has 1 heterocycles. The van der Waals surface area contributed by atoms with Crippen molar-refractivity contribution in [1.82, 2.24) is 4.72 Å². The molecule has 0 unspecified atom stereocenters. The summed E-state index contributed by atoms with van der Waals surface area (Å²) < 4.78 is 39.0. The van der Waals surface area contributed by atoms with E-state index in [1.165, 1.54) is 0 Å². The Morgan fingerprint density at radius 1 is 1.11 bits per heavy atom. The molecule has 0 atom stereocenters. The Bertz CT molecular complexity index is 856. The van der Waals surface area contributed by atoms with E-state index in [1.807, 2.05) is 55.5 Å². The van der Waals surface area contributed by atoms with Crippen molar-refractivity contribution in [3.63, 3.8) is 0 Å². The van der Waals surface area contributed by atoms with Crippen molar-refractivity contribution in [2.24, 2.45) is 0 Å². The second kappa shape index (κ2) is 8.42. The molecule has 1 N–H and O–H groups in total. The first-order valence-corrected chi connectivity index (χ1v) is 10.8. The van der Waals surface area contributed by atoms with Crippen LogP contribution in [0.3, 0.4) is 0 Å². The Labute approximate surface area is 161 Å². The van der Waals surface area contributed by atoms with E-state index in [9.17, 15) is 8.42 Å². The van der Waals surface area contributed by atoms with Gasteiger partial charge < -0.3 is 9.47 Å². The Kier molecular flexibility index (Phi) is 6.19. The summed E-state index contributed by atoms with van der Waals surface area (Å²) in [5.74, 6) is 0.783. The van der Waals surface area contributed by atoms with E-state index in [4.69, 9.17) is 9.47 Å². The number of sulfonamides is 1. The maximum absolute atomic E-state index is 12.7. The lowest BCUT2D eigenvalue weighted by molar-refractivity contribution is 0.0517. The lowest BCUT2D eigenvalue weighted by Gasteiger charge is -2.38. The zero-order valence-corrected chi connectivity index (χ0v) is 16.7. The fourth-order valence-electron chi connectivity index (χ4n) is 3.59. The van der Waals surface area contributed by atoms with Gasteiger partial charge in [0.1, 0.15) is 5.75 Å². The summed E-state index contributed by atoms with van der Waals surface area (Å²) in [5, 5.41) is 0. The van der Waals surface area contributed by atoms with E-state index in [1.54, 1.807) is 7.11 Å². The number of hydrogen-bond acceptors (Lipinski definition) is 4. The quantitative estimate of drug-likeness (QED) is 0.790. The minimum Gasteiger partial charge on any atom is -0.497 e. The van der Waals surface area contributed by atoms with Crippen molar-refractivity contribution < 1.29 is 17.9 Å². The fourth-order valence-corrected chi connectivity index (χ4v) is 4.81. The van der Waals surface area contributed by atoms with Crippen LogP contribution >= 0.6 is 0 Å². The van der Waals surface area contributed by atoms with Gasteiger partial charge in [-0.3, -0.25) is 0 Å². The van der Waals surface area contributed by atoms with Crippen molar-refractivity contribution in [3.05, 3.63) is 65.2 Å². The molecule has 0 bridgehead atoms. The van der Waals surface area contributed by atoms with E-state index in [0.717, 1.165) is 35.3 Å². The van der Waals surface area contributed by atoms with Crippen molar-refractivity contribution in [1.29, 1.82) is 0 Å². The summed E-state index contributed by atoms with van der Waals surface area (Å²) in [7, 11) is -1.79. The smallest absolute Gasteiger partial charge is 0.215 e. The first kappa shape index (κ1) is 19.9. The SMILES string of the molecule is COc1ccc(C2(CNS(=O)(=O)Cc3cccc(C)c3)CCOCC2)cc1. The predicted octanol–water partition coefficient (Wildman–Crippen LogP) is 3.17. The molecule has 3 rings (SSSR count). The molecule has 6 heteroatoms. The highest BCUT2D eigenvalue weighted by Gasteiger charge is 2.35. The molecule has 0 radical (unpaired) electrons. The van der Waals surface area contributed by atoms with Crippen LogP contribution in [-0.2, 0) is 25.9 Å². The van der Waals surface area contributed by atoms with E-state index >= 15 is 0 Å². The molecule has 1 fully saturated rings. The van der Waals surface area contributed by atoms with Crippen LogP contribution in [0.5, 0.6) is 5.75 Å². The van der Waals surface area contributed by atoms with Gasteiger partial charge >= 0.3 is 0 Å². The number of ether oxygens (including phenoxy) is 2. The van der Waals surface area contributed by atoms with E-state index in [-0.39, 0.29) is 11.2 Å². The molecule has 1 aliphatic heterocycles. The summed E-state index contributed by atoms with van der Waals surface area (Å²) in [6.07, 6.45) is 1.57. The van der Waals surface area contributed by atoms with E-state index in [2.05, 4.69) is 4.72 Å². The fraction of sp³-hybridized carbons (Fsp3) is 0.429. The maximum atomic E-state index is 12.7. The minimum atomic E-state index is -3.43. The van der Waals surface area contributed by atoms with Gasteiger partial charge in [-0.1, -0.05) is 42.0 Å². The monoisotopic (exact) mass is 389 g/mol. The third-order valence-corrected chi connectivity index (χ3v) is 6.52. The first-order valence-electron chi connectivity index (χ1n) is 9.18. The van der Waals surface area contributed by atoms with Crippen molar-refractivity contribution >= 4 is 10.0 Å². The largest absolute Gasteiger partial charge is 0.497 e. The highest BCUT2D eigenvalue weighted by atomic mass is 32.2. The van der Waals surface area contributed by atoms with Gasteiger partial charge in [-0.2, -0.15) is 0 Å². The zero-order valence-electron chi connectivity index (χ0n) is 15.9. The summed E-state index contributed by atoms with van der Waals surface area (Å²) in [5.41, 5.74) is 2.71. The third kappa shape index (κ3) is 5.09. The predicted molar refractivity (Wildman–Crippen MR) is 107 cm³/mol. The van der Waals surface area contributed by atoms with Gasteiger partial charge in [0.15, 0.2) is 0 Å².